The van der Waals surface area contributed by atoms with Gasteiger partial charge in [-0.1, -0.05) is 30.3 Å². The van der Waals surface area contributed by atoms with Crippen LogP contribution in [0.2, 0.25) is 0 Å². The minimum absolute atomic E-state index is 0.0719. The number of aliphatic hydroxyl groups excluding tert-OH is 1. The van der Waals surface area contributed by atoms with Crippen molar-refractivity contribution in [1.82, 2.24) is 0 Å². The highest BCUT2D eigenvalue weighted by atomic mass is 16.6. The number of benzene rings is 2. The Kier molecular flexibility index (Phi) is 4.17. The number of anilines is 1. The van der Waals surface area contributed by atoms with Crippen LogP contribution in [0, 0.1) is 10.1 Å². The van der Waals surface area contributed by atoms with Crippen molar-refractivity contribution in [2.45, 2.75) is 6.10 Å². The second kappa shape index (κ2) is 6.03. The Bertz CT molecular complexity index is 601. The smallest absolute Gasteiger partial charge is 0.295 e. The van der Waals surface area contributed by atoms with Gasteiger partial charge in [0, 0.05) is 0 Å². The zero-order valence-corrected chi connectivity index (χ0v) is 10.6. The molecule has 6 heteroatoms. The van der Waals surface area contributed by atoms with Crippen molar-refractivity contribution in [2.24, 2.45) is 0 Å². The quantitative estimate of drug-likeness (QED) is 0.495. The van der Waals surface area contributed by atoms with E-state index in [1.54, 1.807) is 0 Å². The third-order valence-corrected chi connectivity index (χ3v) is 2.81. The van der Waals surface area contributed by atoms with Gasteiger partial charge in [-0.15, -0.1) is 0 Å². The molecule has 2 aromatic rings. The minimum atomic E-state index is -0.584. The number of ether oxygens (including phenoxy) is 1. The lowest BCUT2D eigenvalue weighted by molar-refractivity contribution is -0.384. The largest absolute Gasteiger partial charge is 0.483 e. The van der Waals surface area contributed by atoms with Crippen LogP contribution in [-0.4, -0.2) is 16.6 Å². The van der Waals surface area contributed by atoms with E-state index < -0.39 is 11.0 Å². The highest BCUT2D eigenvalue weighted by molar-refractivity contribution is 5.60. The molecule has 0 heterocycles. The average Bonchev–Trinajstić information content (AvgIpc) is 2.47. The predicted molar refractivity (Wildman–Crippen MR) is 74.4 cm³/mol. The molecule has 1 atom stereocenters. The van der Waals surface area contributed by atoms with Gasteiger partial charge in [0.15, 0.2) is 0 Å². The summed E-state index contributed by atoms with van der Waals surface area (Å²) in [7, 11) is 0. The molecule has 0 aliphatic rings. The Hall–Kier alpha value is -2.60. The molecule has 1 unspecified atom stereocenters. The van der Waals surface area contributed by atoms with Crippen molar-refractivity contribution >= 4 is 11.4 Å². The molecule has 3 N–H and O–H groups in total. The maximum Gasteiger partial charge on any atom is 0.295 e. The molecular formula is C14H14N2O4. The average molecular weight is 274 g/mol. The molecule has 2 aromatic carbocycles. The number of rotatable bonds is 5. The molecule has 0 saturated heterocycles. The number of nitro benzene ring substituents is 1. The van der Waals surface area contributed by atoms with Crippen LogP contribution in [0.3, 0.4) is 0 Å². The fraction of sp³-hybridized carbons (Fsp3) is 0.143. The van der Waals surface area contributed by atoms with Gasteiger partial charge in [-0.05, 0) is 17.7 Å². The highest BCUT2D eigenvalue weighted by Crippen LogP contribution is 2.29. The van der Waals surface area contributed by atoms with E-state index in [0.29, 0.717) is 0 Å². The van der Waals surface area contributed by atoms with Gasteiger partial charge in [0.25, 0.3) is 5.69 Å². The Morgan fingerprint density at radius 2 is 1.95 bits per heavy atom. The molecular weight excluding hydrogens is 260 g/mol. The summed E-state index contributed by atoms with van der Waals surface area (Å²) in [5.41, 5.74) is 6.16. The Morgan fingerprint density at radius 3 is 2.55 bits per heavy atom. The SMILES string of the molecule is Nc1ccc(OC(CO)c2ccccc2)cc1[N+](=O)[O-]. The third kappa shape index (κ3) is 3.04. The molecule has 0 spiro atoms. The van der Waals surface area contributed by atoms with E-state index in [1.807, 2.05) is 30.3 Å². The second-order valence-corrected chi connectivity index (χ2v) is 4.18. The molecule has 0 bridgehead atoms. The number of nitrogens with zero attached hydrogens (tertiary/aromatic N) is 1. The van der Waals surface area contributed by atoms with Crippen LogP contribution in [0.1, 0.15) is 11.7 Å². The van der Waals surface area contributed by atoms with Gasteiger partial charge in [0.05, 0.1) is 17.6 Å². The zero-order valence-electron chi connectivity index (χ0n) is 10.6. The van der Waals surface area contributed by atoms with Crippen molar-refractivity contribution < 1.29 is 14.8 Å². The molecule has 2 rings (SSSR count). The fourth-order valence-corrected chi connectivity index (χ4v) is 1.80. The normalized spacial score (nSPS) is 11.8. The number of nitrogen functional groups attached to an aromatic ring is 1. The van der Waals surface area contributed by atoms with Crippen LogP contribution in [0.15, 0.2) is 48.5 Å². The van der Waals surface area contributed by atoms with E-state index in [9.17, 15) is 15.2 Å². The third-order valence-electron chi connectivity index (χ3n) is 2.81. The summed E-state index contributed by atoms with van der Waals surface area (Å²) in [5, 5.41) is 20.2. The van der Waals surface area contributed by atoms with E-state index >= 15 is 0 Å². The Morgan fingerprint density at radius 1 is 1.25 bits per heavy atom. The van der Waals surface area contributed by atoms with Gasteiger partial charge in [0.1, 0.15) is 17.5 Å². The van der Waals surface area contributed by atoms with Crippen molar-refractivity contribution in [3.05, 3.63) is 64.2 Å². The van der Waals surface area contributed by atoms with Crippen LogP contribution in [0.25, 0.3) is 0 Å². The van der Waals surface area contributed by atoms with E-state index in [2.05, 4.69) is 0 Å². The molecule has 104 valence electrons. The van der Waals surface area contributed by atoms with Gasteiger partial charge in [0.2, 0.25) is 0 Å². The number of nitro groups is 1. The lowest BCUT2D eigenvalue weighted by Crippen LogP contribution is -2.12. The maximum atomic E-state index is 10.8. The minimum Gasteiger partial charge on any atom is -0.483 e. The predicted octanol–water partition coefficient (Wildman–Crippen LogP) is 2.29. The molecule has 20 heavy (non-hydrogen) atoms. The summed E-state index contributed by atoms with van der Waals surface area (Å²) < 4.78 is 5.59. The molecule has 0 aromatic heterocycles. The van der Waals surface area contributed by atoms with Crippen LogP contribution in [0.4, 0.5) is 11.4 Å². The summed E-state index contributed by atoms with van der Waals surface area (Å²) in [6.45, 7) is -0.234. The van der Waals surface area contributed by atoms with Crippen LogP contribution < -0.4 is 10.5 Å². The molecule has 0 aliphatic heterocycles. The summed E-state index contributed by atoms with van der Waals surface area (Å²) in [5.74, 6) is 0.286. The lowest BCUT2D eigenvalue weighted by Gasteiger charge is -2.17. The van der Waals surface area contributed by atoms with Crippen LogP contribution in [0.5, 0.6) is 5.75 Å². The molecule has 0 aliphatic carbocycles. The van der Waals surface area contributed by atoms with Crippen molar-refractivity contribution in [3.8, 4) is 5.75 Å². The van der Waals surface area contributed by atoms with E-state index in [-0.39, 0.29) is 23.7 Å². The first-order valence-corrected chi connectivity index (χ1v) is 5.98. The summed E-state index contributed by atoms with van der Waals surface area (Å²) in [6.07, 6.45) is -0.584. The van der Waals surface area contributed by atoms with E-state index in [0.717, 1.165) is 5.56 Å². The highest BCUT2D eigenvalue weighted by Gasteiger charge is 2.16. The van der Waals surface area contributed by atoms with E-state index in [1.165, 1.54) is 18.2 Å². The number of nitrogens with two attached hydrogens (primary N) is 1. The summed E-state index contributed by atoms with van der Waals surface area (Å²) in [6, 6.07) is 13.3. The second-order valence-electron chi connectivity index (χ2n) is 4.18. The monoisotopic (exact) mass is 274 g/mol. The zero-order chi connectivity index (χ0) is 14.5. The van der Waals surface area contributed by atoms with Crippen LogP contribution in [-0.2, 0) is 0 Å². The maximum absolute atomic E-state index is 10.8. The summed E-state index contributed by atoms with van der Waals surface area (Å²) >= 11 is 0. The topological polar surface area (TPSA) is 98.6 Å². The van der Waals surface area contributed by atoms with Gasteiger partial charge < -0.3 is 15.6 Å². The molecule has 6 nitrogen and oxygen atoms in total. The molecule has 0 radical (unpaired) electrons. The van der Waals surface area contributed by atoms with E-state index in [4.69, 9.17) is 10.5 Å². The van der Waals surface area contributed by atoms with Crippen molar-refractivity contribution in [1.29, 1.82) is 0 Å². The fourth-order valence-electron chi connectivity index (χ4n) is 1.80. The molecule has 0 fully saturated rings. The van der Waals surface area contributed by atoms with Crippen LogP contribution >= 0.6 is 0 Å². The number of aliphatic hydroxyl groups is 1. The van der Waals surface area contributed by atoms with Crippen molar-refractivity contribution in [2.75, 3.05) is 12.3 Å². The van der Waals surface area contributed by atoms with Gasteiger partial charge in [-0.25, -0.2) is 0 Å². The van der Waals surface area contributed by atoms with Gasteiger partial charge in [-0.3, -0.25) is 10.1 Å². The Balaban J connectivity index is 2.24. The first kappa shape index (κ1) is 13.8. The molecule has 0 saturated carbocycles. The van der Waals surface area contributed by atoms with Crippen molar-refractivity contribution in [3.63, 3.8) is 0 Å². The standard InChI is InChI=1S/C14H14N2O4/c15-12-7-6-11(8-13(12)16(18)19)20-14(9-17)10-4-2-1-3-5-10/h1-8,14,17H,9,15H2. The molecule has 0 amide bonds. The van der Waals surface area contributed by atoms with Gasteiger partial charge in [-0.2, -0.15) is 0 Å². The number of hydrogen-bond donors (Lipinski definition) is 2. The first-order valence-electron chi connectivity index (χ1n) is 5.98. The number of hydrogen-bond acceptors (Lipinski definition) is 5. The Labute approximate surface area is 115 Å². The van der Waals surface area contributed by atoms with Gasteiger partial charge >= 0.3 is 0 Å². The first-order chi connectivity index (χ1) is 9.61. The summed E-state index contributed by atoms with van der Waals surface area (Å²) in [4.78, 5) is 10.2. The lowest BCUT2D eigenvalue weighted by atomic mass is 10.1.